The van der Waals surface area contributed by atoms with Gasteiger partial charge in [-0.1, -0.05) is 17.7 Å². The predicted molar refractivity (Wildman–Crippen MR) is 77.7 cm³/mol. The molecule has 0 saturated heterocycles. The third-order valence-electron chi connectivity index (χ3n) is 3.72. The van der Waals surface area contributed by atoms with Crippen LogP contribution in [0.2, 0.25) is 0 Å². The zero-order chi connectivity index (χ0) is 13.9. The Labute approximate surface area is 116 Å². The maximum Gasteiger partial charge on any atom is 0.122 e. The first kappa shape index (κ1) is 14.4. The Morgan fingerprint density at radius 3 is 2.68 bits per heavy atom. The molecule has 1 aromatic rings. The van der Waals surface area contributed by atoms with Crippen LogP contribution in [0.1, 0.15) is 37.3 Å². The highest BCUT2D eigenvalue weighted by Gasteiger charge is 2.31. The number of ether oxygens (including phenoxy) is 1. The largest absolute Gasteiger partial charge is 0.493 e. The molecule has 1 aliphatic rings. The zero-order valence-corrected chi connectivity index (χ0v) is 12.2. The Kier molecular flexibility index (Phi) is 4.48. The van der Waals surface area contributed by atoms with Crippen LogP contribution in [0.4, 0.5) is 0 Å². The second-order valence-corrected chi connectivity index (χ2v) is 6.00. The molecule has 2 rings (SSSR count). The van der Waals surface area contributed by atoms with Crippen LogP contribution in [0.15, 0.2) is 18.2 Å². The number of aliphatic hydroxyl groups is 1. The minimum absolute atomic E-state index is 0.153. The molecule has 3 nitrogen and oxygen atoms in total. The Morgan fingerprint density at radius 1 is 1.37 bits per heavy atom. The highest BCUT2D eigenvalue weighted by atomic mass is 16.5. The summed E-state index contributed by atoms with van der Waals surface area (Å²) < 4.78 is 5.84. The van der Waals surface area contributed by atoms with Gasteiger partial charge in [0.2, 0.25) is 0 Å². The molecule has 0 aromatic heterocycles. The van der Waals surface area contributed by atoms with Gasteiger partial charge in [0.15, 0.2) is 0 Å². The van der Waals surface area contributed by atoms with Gasteiger partial charge in [0.25, 0.3) is 0 Å². The number of hydrogen-bond donors (Lipinski definition) is 2. The number of benzene rings is 1. The fourth-order valence-corrected chi connectivity index (χ4v) is 2.26. The van der Waals surface area contributed by atoms with Crippen LogP contribution in [0.3, 0.4) is 0 Å². The maximum atomic E-state index is 9.53. The normalized spacial score (nSPS) is 18.1. The van der Waals surface area contributed by atoms with Crippen LogP contribution in [0.25, 0.3) is 0 Å². The first-order valence-corrected chi connectivity index (χ1v) is 7.11. The van der Waals surface area contributed by atoms with Gasteiger partial charge in [0, 0.05) is 18.0 Å². The summed E-state index contributed by atoms with van der Waals surface area (Å²) in [4.78, 5) is 0. The van der Waals surface area contributed by atoms with Gasteiger partial charge in [-0.05, 0) is 45.2 Å². The molecular formula is C16H25NO2. The third kappa shape index (κ3) is 4.22. The lowest BCUT2D eigenvalue weighted by Gasteiger charge is -2.29. The van der Waals surface area contributed by atoms with Gasteiger partial charge < -0.3 is 15.2 Å². The number of rotatable bonds is 7. The second-order valence-electron chi connectivity index (χ2n) is 6.00. The van der Waals surface area contributed by atoms with Gasteiger partial charge in [0.05, 0.1) is 13.2 Å². The Balaban J connectivity index is 1.84. The van der Waals surface area contributed by atoms with Crippen molar-refractivity contribution in [3.63, 3.8) is 0 Å². The smallest absolute Gasteiger partial charge is 0.122 e. The van der Waals surface area contributed by atoms with Crippen LogP contribution in [0.5, 0.6) is 5.75 Å². The van der Waals surface area contributed by atoms with Gasteiger partial charge in [-0.25, -0.2) is 0 Å². The fraction of sp³-hybridized carbons (Fsp3) is 0.625. The van der Waals surface area contributed by atoms with Crippen molar-refractivity contribution in [2.24, 2.45) is 0 Å². The molecule has 0 spiro atoms. The molecule has 106 valence electrons. The molecule has 1 saturated carbocycles. The SMILES string of the molecule is Cc1ccc(OCCC(C)(CO)NC2CC2)c(C)c1. The van der Waals surface area contributed by atoms with Gasteiger partial charge >= 0.3 is 0 Å². The van der Waals surface area contributed by atoms with Gasteiger partial charge in [-0.2, -0.15) is 0 Å². The summed E-state index contributed by atoms with van der Waals surface area (Å²) in [6, 6.07) is 6.81. The first-order valence-electron chi connectivity index (χ1n) is 7.11. The highest BCUT2D eigenvalue weighted by Crippen LogP contribution is 2.24. The van der Waals surface area contributed by atoms with Crippen molar-refractivity contribution in [3.05, 3.63) is 29.3 Å². The summed E-state index contributed by atoms with van der Waals surface area (Å²) in [5.41, 5.74) is 2.20. The average Bonchev–Trinajstić information content (AvgIpc) is 3.16. The van der Waals surface area contributed by atoms with E-state index in [0.29, 0.717) is 12.6 Å². The molecule has 1 unspecified atom stereocenters. The molecule has 0 heterocycles. The number of aliphatic hydroxyl groups excluding tert-OH is 1. The maximum absolute atomic E-state index is 9.53. The molecule has 1 aromatic carbocycles. The zero-order valence-electron chi connectivity index (χ0n) is 12.2. The molecule has 2 N–H and O–H groups in total. The van der Waals surface area contributed by atoms with E-state index in [1.807, 2.05) is 6.07 Å². The minimum atomic E-state index is -0.222. The number of hydrogen-bond acceptors (Lipinski definition) is 3. The summed E-state index contributed by atoms with van der Waals surface area (Å²) in [7, 11) is 0. The Bertz CT molecular complexity index is 429. The van der Waals surface area contributed by atoms with Crippen molar-refractivity contribution in [1.82, 2.24) is 5.32 Å². The molecule has 0 radical (unpaired) electrons. The monoisotopic (exact) mass is 263 g/mol. The van der Waals surface area contributed by atoms with Crippen molar-refractivity contribution < 1.29 is 9.84 Å². The standard InChI is InChI=1S/C16H25NO2/c1-12-4-7-15(13(2)10-12)19-9-8-16(3,11-18)17-14-5-6-14/h4,7,10,14,17-18H,5-6,8-9,11H2,1-3H3. The van der Waals surface area contributed by atoms with E-state index in [4.69, 9.17) is 4.74 Å². The summed E-state index contributed by atoms with van der Waals surface area (Å²) in [5, 5.41) is 13.0. The van der Waals surface area contributed by atoms with Crippen molar-refractivity contribution >= 4 is 0 Å². The molecule has 3 heteroatoms. The van der Waals surface area contributed by atoms with E-state index >= 15 is 0 Å². The lowest BCUT2D eigenvalue weighted by Crippen LogP contribution is -2.48. The molecule has 1 atom stereocenters. The summed E-state index contributed by atoms with van der Waals surface area (Å²) in [6.45, 7) is 6.99. The van der Waals surface area contributed by atoms with Gasteiger partial charge in [0.1, 0.15) is 5.75 Å². The second kappa shape index (κ2) is 5.93. The molecule has 0 aliphatic heterocycles. The van der Waals surface area contributed by atoms with E-state index in [0.717, 1.165) is 12.2 Å². The molecule has 1 fully saturated rings. The first-order chi connectivity index (χ1) is 9.02. The van der Waals surface area contributed by atoms with E-state index in [2.05, 4.69) is 38.2 Å². The van der Waals surface area contributed by atoms with Crippen molar-refractivity contribution in [1.29, 1.82) is 0 Å². The van der Waals surface area contributed by atoms with E-state index in [-0.39, 0.29) is 12.1 Å². The molecule has 19 heavy (non-hydrogen) atoms. The third-order valence-corrected chi connectivity index (χ3v) is 3.72. The lowest BCUT2D eigenvalue weighted by atomic mass is 9.99. The van der Waals surface area contributed by atoms with E-state index in [9.17, 15) is 5.11 Å². The van der Waals surface area contributed by atoms with Crippen LogP contribution < -0.4 is 10.1 Å². The van der Waals surface area contributed by atoms with E-state index in [1.54, 1.807) is 0 Å². The quantitative estimate of drug-likeness (QED) is 0.794. The molecular weight excluding hydrogens is 238 g/mol. The van der Waals surface area contributed by atoms with Crippen molar-refractivity contribution in [3.8, 4) is 5.75 Å². The summed E-state index contributed by atoms with van der Waals surface area (Å²) >= 11 is 0. The average molecular weight is 263 g/mol. The van der Waals surface area contributed by atoms with E-state index in [1.165, 1.54) is 24.0 Å². The van der Waals surface area contributed by atoms with Crippen LogP contribution in [0, 0.1) is 13.8 Å². The van der Waals surface area contributed by atoms with Crippen molar-refractivity contribution in [2.75, 3.05) is 13.2 Å². The number of nitrogens with one attached hydrogen (secondary N) is 1. The molecule has 1 aliphatic carbocycles. The van der Waals surface area contributed by atoms with Crippen molar-refractivity contribution in [2.45, 2.75) is 51.6 Å². The van der Waals surface area contributed by atoms with E-state index < -0.39 is 0 Å². The summed E-state index contributed by atoms with van der Waals surface area (Å²) in [6.07, 6.45) is 3.27. The number of aryl methyl sites for hydroxylation is 2. The van der Waals surface area contributed by atoms with Crippen LogP contribution in [-0.4, -0.2) is 29.9 Å². The lowest BCUT2D eigenvalue weighted by molar-refractivity contribution is 0.142. The Morgan fingerprint density at radius 2 is 2.11 bits per heavy atom. The Hall–Kier alpha value is -1.06. The highest BCUT2D eigenvalue weighted by molar-refractivity contribution is 5.35. The molecule has 0 amide bonds. The predicted octanol–water partition coefficient (Wildman–Crippen LogP) is 2.58. The van der Waals surface area contributed by atoms with Gasteiger partial charge in [-0.3, -0.25) is 0 Å². The van der Waals surface area contributed by atoms with Gasteiger partial charge in [-0.15, -0.1) is 0 Å². The molecule has 0 bridgehead atoms. The van der Waals surface area contributed by atoms with Crippen LogP contribution in [-0.2, 0) is 0 Å². The fourth-order valence-electron chi connectivity index (χ4n) is 2.26. The van der Waals surface area contributed by atoms with Crippen LogP contribution >= 0.6 is 0 Å². The summed E-state index contributed by atoms with van der Waals surface area (Å²) in [5.74, 6) is 0.942. The minimum Gasteiger partial charge on any atom is -0.493 e. The topological polar surface area (TPSA) is 41.5 Å².